The fraction of sp³-hybridized carbons (Fsp3) is 0.250. The Morgan fingerprint density at radius 1 is 1.03 bits per heavy atom. The summed E-state index contributed by atoms with van der Waals surface area (Å²) in [5.41, 5.74) is 5.42. The van der Waals surface area contributed by atoms with Gasteiger partial charge in [0.05, 0.1) is 13.0 Å². The number of hydrogen-bond acceptors (Lipinski definition) is 4. The molecule has 2 aromatic carbocycles. The molecule has 0 radical (unpaired) electrons. The number of carbonyl (C=O) groups excluding carboxylic acids is 2. The minimum absolute atomic E-state index is 0.171. The molecule has 0 bridgehead atoms. The van der Waals surface area contributed by atoms with E-state index in [2.05, 4.69) is 34.2 Å². The molecule has 30 heavy (non-hydrogen) atoms. The van der Waals surface area contributed by atoms with Gasteiger partial charge in [-0.2, -0.15) is 0 Å². The van der Waals surface area contributed by atoms with Gasteiger partial charge in [0, 0.05) is 14.9 Å². The van der Waals surface area contributed by atoms with E-state index in [1.165, 1.54) is 16.9 Å². The Hall–Kier alpha value is -2.44. The number of carbonyl (C=O) groups is 2. The molecular formula is C24H24BrNO3S. The van der Waals surface area contributed by atoms with E-state index >= 15 is 0 Å². The van der Waals surface area contributed by atoms with Crippen LogP contribution in [0, 0.1) is 20.8 Å². The third kappa shape index (κ3) is 4.99. The highest BCUT2D eigenvalue weighted by Crippen LogP contribution is 2.41. The molecule has 1 amide bonds. The van der Waals surface area contributed by atoms with Crippen LogP contribution in [-0.4, -0.2) is 18.5 Å². The van der Waals surface area contributed by atoms with Crippen molar-refractivity contribution >= 4 is 44.1 Å². The molecule has 3 aromatic rings. The smallest absolute Gasteiger partial charge is 0.341 e. The van der Waals surface area contributed by atoms with Crippen molar-refractivity contribution < 1.29 is 14.3 Å². The Kier molecular flexibility index (Phi) is 7.10. The third-order valence-corrected chi connectivity index (χ3v) is 6.44. The Morgan fingerprint density at radius 3 is 2.37 bits per heavy atom. The maximum Gasteiger partial charge on any atom is 0.341 e. The molecule has 0 aliphatic carbocycles. The first-order valence-corrected chi connectivity index (χ1v) is 11.3. The summed E-state index contributed by atoms with van der Waals surface area (Å²) in [6.45, 7) is 8.11. The van der Waals surface area contributed by atoms with E-state index in [9.17, 15) is 9.59 Å². The predicted octanol–water partition coefficient (Wildman–Crippen LogP) is 6.46. The van der Waals surface area contributed by atoms with Crippen LogP contribution in [0.2, 0.25) is 0 Å². The zero-order chi connectivity index (χ0) is 21.8. The normalized spacial score (nSPS) is 10.7. The van der Waals surface area contributed by atoms with Crippen LogP contribution >= 0.6 is 27.3 Å². The SMILES string of the molecule is CCOC(=O)c1c(NC(=O)Cc2ccc(Br)cc2)sc(C)c1-c1ccc(C)c(C)c1. The van der Waals surface area contributed by atoms with E-state index in [0.29, 0.717) is 10.6 Å². The van der Waals surface area contributed by atoms with E-state index in [4.69, 9.17) is 4.74 Å². The van der Waals surface area contributed by atoms with Gasteiger partial charge < -0.3 is 10.1 Å². The van der Waals surface area contributed by atoms with Gasteiger partial charge in [-0.25, -0.2) is 4.79 Å². The quantitative estimate of drug-likeness (QED) is 0.407. The lowest BCUT2D eigenvalue weighted by atomic mass is 9.97. The van der Waals surface area contributed by atoms with Crippen molar-refractivity contribution in [1.82, 2.24) is 0 Å². The lowest BCUT2D eigenvalue weighted by Gasteiger charge is -2.10. The highest BCUT2D eigenvalue weighted by molar-refractivity contribution is 9.10. The summed E-state index contributed by atoms with van der Waals surface area (Å²) in [4.78, 5) is 26.5. The number of hydrogen-bond donors (Lipinski definition) is 1. The second-order valence-electron chi connectivity index (χ2n) is 7.11. The molecule has 1 aromatic heterocycles. The molecule has 0 aliphatic heterocycles. The summed E-state index contributed by atoms with van der Waals surface area (Å²) >= 11 is 4.80. The van der Waals surface area contributed by atoms with Crippen LogP contribution in [0.4, 0.5) is 5.00 Å². The van der Waals surface area contributed by atoms with E-state index in [1.807, 2.05) is 50.2 Å². The molecule has 0 unspecified atom stereocenters. The molecule has 0 atom stereocenters. The molecule has 1 heterocycles. The highest BCUT2D eigenvalue weighted by atomic mass is 79.9. The molecule has 3 rings (SSSR count). The van der Waals surface area contributed by atoms with Crippen LogP contribution in [0.1, 0.15) is 38.8 Å². The summed E-state index contributed by atoms with van der Waals surface area (Å²) in [5, 5.41) is 3.47. The molecule has 0 spiro atoms. The van der Waals surface area contributed by atoms with E-state index in [1.54, 1.807) is 6.92 Å². The Bertz CT molecular complexity index is 1090. The fourth-order valence-electron chi connectivity index (χ4n) is 3.23. The maximum absolute atomic E-state index is 12.8. The van der Waals surface area contributed by atoms with Gasteiger partial charge in [0.1, 0.15) is 10.6 Å². The van der Waals surface area contributed by atoms with Crippen molar-refractivity contribution in [3.8, 4) is 11.1 Å². The van der Waals surface area contributed by atoms with E-state index < -0.39 is 5.97 Å². The zero-order valence-corrected chi connectivity index (χ0v) is 19.9. The first-order valence-electron chi connectivity index (χ1n) is 9.72. The first-order chi connectivity index (χ1) is 14.3. The van der Waals surface area contributed by atoms with Gasteiger partial charge in [-0.05, 0) is 62.1 Å². The van der Waals surface area contributed by atoms with Gasteiger partial charge in [0.15, 0.2) is 0 Å². The minimum Gasteiger partial charge on any atom is -0.462 e. The number of anilines is 1. The van der Waals surface area contributed by atoms with Crippen LogP contribution in [-0.2, 0) is 16.0 Å². The molecule has 4 nitrogen and oxygen atoms in total. The number of amides is 1. The summed E-state index contributed by atoms with van der Waals surface area (Å²) in [6, 6.07) is 13.7. The number of aryl methyl sites for hydroxylation is 3. The van der Waals surface area contributed by atoms with Crippen LogP contribution in [0.5, 0.6) is 0 Å². The third-order valence-electron chi connectivity index (χ3n) is 4.89. The number of benzene rings is 2. The van der Waals surface area contributed by atoms with Gasteiger partial charge >= 0.3 is 5.97 Å². The second kappa shape index (κ2) is 9.58. The molecule has 6 heteroatoms. The minimum atomic E-state index is -0.422. The number of nitrogens with one attached hydrogen (secondary N) is 1. The van der Waals surface area contributed by atoms with E-state index in [0.717, 1.165) is 31.6 Å². The lowest BCUT2D eigenvalue weighted by molar-refractivity contribution is -0.115. The molecule has 0 aliphatic rings. The maximum atomic E-state index is 12.8. The van der Waals surface area contributed by atoms with Crippen molar-refractivity contribution in [1.29, 1.82) is 0 Å². The average molecular weight is 486 g/mol. The molecule has 156 valence electrons. The zero-order valence-electron chi connectivity index (χ0n) is 17.5. The molecule has 0 saturated carbocycles. The number of esters is 1. The lowest BCUT2D eigenvalue weighted by Crippen LogP contribution is -2.16. The van der Waals surface area contributed by atoms with Gasteiger partial charge in [0.2, 0.25) is 5.91 Å². The van der Waals surface area contributed by atoms with Crippen LogP contribution in [0.15, 0.2) is 46.9 Å². The molecule has 0 fully saturated rings. The Balaban J connectivity index is 1.97. The fourth-order valence-corrected chi connectivity index (χ4v) is 4.58. The highest BCUT2D eigenvalue weighted by Gasteiger charge is 2.25. The number of thiophene rings is 1. The average Bonchev–Trinajstić information content (AvgIpc) is 3.01. The summed E-state index contributed by atoms with van der Waals surface area (Å²) in [5.74, 6) is -0.593. The van der Waals surface area contributed by atoms with Gasteiger partial charge in [-0.1, -0.05) is 46.3 Å². The summed E-state index contributed by atoms with van der Waals surface area (Å²) in [6.07, 6.45) is 0.228. The standard InChI is InChI=1S/C24H24BrNO3S/c1-5-29-24(28)22-21(18-9-6-14(2)15(3)12-18)16(4)30-23(22)26-20(27)13-17-7-10-19(25)11-8-17/h6-12H,5,13H2,1-4H3,(H,26,27). The number of rotatable bonds is 6. The first kappa shape index (κ1) is 22.2. The largest absolute Gasteiger partial charge is 0.462 e. The second-order valence-corrected chi connectivity index (χ2v) is 9.25. The van der Waals surface area contributed by atoms with E-state index in [-0.39, 0.29) is 18.9 Å². The van der Waals surface area contributed by atoms with Crippen molar-refractivity contribution in [2.24, 2.45) is 0 Å². The number of ether oxygens (including phenoxy) is 1. The number of halogens is 1. The van der Waals surface area contributed by atoms with Crippen molar-refractivity contribution in [3.05, 3.63) is 74.1 Å². The van der Waals surface area contributed by atoms with Crippen molar-refractivity contribution in [2.45, 2.75) is 34.1 Å². The summed E-state index contributed by atoms with van der Waals surface area (Å²) in [7, 11) is 0. The van der Waals surface area contributed by atoms with Crippen LogP contribution < -0.4 is 5.32 Å². The topological polar surface area (TPSA) is 55.4 Å². The van der Waals surface area contributed by atoms with Crippen LogP contribution in [0.3, 0.4) is 0 Å². The van der Waals surface area contributed by atoms with Crippen molar-refractivity contribution in [3.63, 3.8) is 0 Å². The van der Waals surface area contributed by atoms with Gasteiger partial charge in [-0.3, -0.25) is 4.79 Å². The molecular weight excluding hydrogens is 462 g/mol. The Morgan fingerprint density at radius 2 is 1.73 bits per heavy atom. The van der Waals surface area contributed by atoms with Crippen molar-refractivity contribution in [2.75, 3.05) is 11.9 Å². The monoisotopic (exact) mass is 485 g/mol. The molecule has 0 saturated heterocycles. The van der Waals surface area contributed by atoms with Gasteiger partial charge in [0.25, 0.3) is 0 Å². The predicted molar refractivity (Wildman–Crippen MR) is 126 cm³/mol. The molecule has 1 N–H and O–H groups in total. The van der Waals surface area contributed by atoms with Crippen LogP contribution in [0.25, 0.3) is 11.1 Å². The van der Waals surface area contributed by atoms with Gasteiger partial charge in [-0.15, -0.1) is 11.3 Å². The summed E-state index contributed by atoms with van der Waals surface area (Å²) < 4.78 is 6.28. The Labute approximate surface area is 189 Å².